The predicted molar refractivity (Wildman–Crippen MR) is 79.0 cm³/mol. The summed E-state index contributed by atoms with van der Waals surface area (Å²) in [6, 6.07) is 8.69. The maximum Gasteiger partial charge on any atom is 0.110 e. The summed E-state index contributed by atoms with van der Waals surface area (Å²) < 4.78 is 0. The van der Waals surface area contributed by atoms with E-state index < -0.39 is 0 Å². The van der Waals surface area contributed by atoms with Gasteiger partial charge in [-0.3, -0.25) is 0 Å². The SMILES string of the molecule is Cc1sc(C(C)N)nc1-c1ccc(C(C)C)cc1. The highest BCUT2D eigenvalue weighted by atomic mass is 32.1. The van der Waals surface area contributed by atoms with Crippen LogP contribution in [0.5, 0.6) is 0 Å². The van der Waals surface area contributed by atoms with Gasteiger partial charge in [-0.15, -0.1) is 11.3 Å². The molecule has 0 radical (unpaired) electrons. The Morgan fingerprint density at radius 1 is 1.11 bits per heavy atom. The van der Waals surface area contributed by atoms with E-state index >= 15 is 0 Å². The molecule has 0 bridgehead atoms. The summed E-state index contributed by atoms with van der Waals surface area (Å²) in [5.74, 6) is 0.565. The standard InChI is InChI=1S/C15H20N2S/c1-9(2)12-5-7-13(8-6-12)14-11(4)18-15(17-14)10(3)16/h5-10H,16H2,1-4H3. The van der Waals surface area contributed by atoms with Crippen molar-refractivity contribution < 1.29 is 0 Å². The molecular weight excluding hydrogens is 240 g/mol. The molecule has 2 N–H and O–H groups in total. The molecule has 2 rings (SSSR count). The number of hydrogen-bond acceptors (Lipinski definition) is 3. The minimum atomic E-state index is 0.0115. The Bertz CT molecular complexity index is 524. The largest absolute Gasteiger partial charge is 0.322 e. The van der Waals surface area contributed by atoms with Gasteiger partial charge >= 0.3 is 0 Å². The third-order valence-electron chi connectivity index (χ3n) is 3.05. The molecule has 2 aromatic rings. The molecule has 2 nitrogen and oxygen atoms in total. The molecule has 1 heterocycles. The van der Waals surface area contributed by atoms with Crippen LogP contribution in [0.2, 0.25) is 0 Å². The average Bonchev–Trinajstić information content (AvgIpc) is 2.71. The summed E-state index contributed by atoms with van der Waals surface area (Å²) in [6.45, 7) is 8.49. The summed E-state index contributed by atoms with van der Waals surface area (Å²) >= 11 is 1.69. The van der Waals surface area contributed by atoms with E-state index in [9.17, 15) is 0 Å². The van der Waals surface area contributed by atoms with Gasteiger partial charge in [-0.05, 0) is 25.3 Å². The van der Waals surface area contributed by atoms with Crippen LogP contribution in [0.15, 0.2) is 24.3 Å². The second-order valence-corrected chi connectivity index (χ2v) is 6.26. The molecular formula is C15H20N2S. The van der Waals surface area contributed by atoms with Crippen molar-refractivity contribution in [1.82, 2.24) is 4.98 Å². The number of hydrogen-bond donors (Lipinski definition) is 1. The first-order chi connectivity index (χ1) is 8.49. The number of benzene rings is 1. The van der Waals surface area contributed by atoms with Crippen molar-refractivity contribution >= 4 is 11.3 Å². The highest BCUT2D eigenvalue weighted by Gasteiger charge is 2.12. The van der Waals surface area contributed by atoms with Crippen LogP contribution >= 0.6 is 11.3 Å². The fourth-order valence-corrected chi connectivity index (χ4v) is 2.80. The van der Waals surface area contributed by atoms with E-state index in [1.807, 2.05) is 6.92 Å². The van der Waals surface area contributed by atoms with Gasteiger partial charge in [0.15, 0.2) is 0 Å². The number of thiazole rings is 1. The number of aryl methyl sites for hydroxylation is 1. The molecule has 0 fully saturated rings. The van der Waals surface area contributed by atoms with E-state index in [0.717, 1.165) is 10.7 Å². The Hall–Kier alpha value is -1.19. The van der Waals surface area contributed by atoms with Crippen LogP contribution in [0.25, 0.3) is 11.3 Å². The van der Waals surface area contributed by atoms with Crippen LogP contribution < -0.4 is 5.73 Å². The summed E-state index contributed by atoms with van der Waals surface area (Å²) in [7, 11) is 0. The molecule has 1 aromatic carbocycles. The van der Waals surface area contributed by atoms with E-state index in [1.54, 1.807) is 11.3 Å². The fraction of sp³-hybridized carbons (Fsp3) is 0.400. The number of rotatable bonds is 3. The van der Waals surface area contributed by atoms with Gasteiger partial charge in [0.05, 0.1) is 11.7 Å². The number of nitrogens with two attached hydrogens (primary N) is 1. The monoisotopic (exact) mass is 260 g/mol. The maximum absolute atomic E-state index is 5.89. The first-order valence-electron chi connectivity index (χ1n) is 6.32. The van der Waals surface area contributed by atoms with E-state index in [0.29, 0.717) is 5.92 Å². The smallest absolute Gasteiger partial charge is 0.110 e. The first kappa shape index (κ1) is 13.2. The van der Waals surface area contributed by atoms with Gasteiger partial charge in [0.25, 0.3) is 0 Å². The van der Waals surface area contributed by atoms with Gasteiger partial charge in [-0.1, -0.05) is 38.1 Å². The van der Waals surface area contributed by atoms with E-state index in [1.165, 1.54) is 16.0 Å². The normalized spacial score (nSPS) is 13.0. The summed E-state index contributed by atoms with van der Waals surface area (Å²) in [6.07, 6.45) is 0. The summed E-state index contributed by atoms with van der Waals surface area (Å²) in [5.41, 5.74) is 9.50. The Balaban J connectivity index is 2.36. The number of aromatic nitrogens is 1. The second kappa shape index (κ2) is 5.21. The van der Waals surface area contributed by atoms with Gasteiger partial charge in [0.1, 0.15) is 5.01 Å². The highest BCUT2D eigenvalue weighted by molar-refractivity contribution is 7.12. The summed E-state index contributed by atoms with van der Waals surface area (Å²) in [5, 5.41) is 1.01. The third kappa shape index (κ3) is 2.62. The molecule has 18 heavy (non-hydrogen) atoms. The molecule has 0 saturated heterocycles. The van der Waals surface area contributed by atoms with Gasteiger partial charge in [0.2, 0.25) is 0 Å². The van der Waals surface area contributed by atoms with Crippen LogP contribution in [0.3, 0.4) is 0 Å². The highest BCUT2D eigenvalue weighted by Crippen LogP contribution is 2.30. The van der Waals surface area contributed by atoms with Crippen LogP contribution in [0.4, 0.5) is 0 Å². The minimum absolute atomic E-state index is 0.0115. The molecule has 96 valence electrons. The van der Waals surface area contributed by atoms with E-state index in [-0.39, 0.29) is 6.04 Å². The Morgan fingerprint density at radius 3 is 2.17 bits per heavy atom. The molecule has 0 spiro atoms. The van der Waals surface area contributed by atoms with Crippen molar-refractivity contribution in [3.05, 3.63) is 39.7 Å². The van der Waals surface area contributed by atoms with Crippen molar-refractivity contribution in [1.29, 1.82) is 0 Å². The first-order valence-corrected chi connectivity index (χ1v) is 7.14. The van der Waals surface area contributed by atoms with Crippen molar-refractivity contribution in [2.45, 2.75) is 39.7 Å². The van der Waals surface area contributed by atoms with Crippen LogP contribution in [0, 0.1) is 6.92 Å². The lowest BCUT2D eigenvalue weighted by Gasteiger charge is -2.06. The van der Waals surface area contributed by atoms with Crippen molar-refractivity contribution in [2.75, 3.05) is 0 Å². The van der Waals surface area contributed by atoms with E-state index in [4.69, 9.17) is 5.73 Å². The lowest BCUT2D eigenvalue weighted by Crippen LogP contribution is -2.03. The lowest BCUT2D eigenvalue weighted by molar-refractivity contribution is 0.808. The molecule has 1 unspecified atom stereocenters. The van der Waals surface area contributed by atoms with Gasteiger partial charge in [0, 0.05) is 10.4 Å². The topological polar surface area (TPSA) is 38.9 Å². The predicted octanol–water partition coefficient (Wildman–Crippen LogP) is 4.26. The molecule has 0 saturated carbocycles. The molecule has 1 aromatic heterocycles. The average molecular weight is 260 g/mol. The Kier molecular flexibility index (Phi) is 3.83. The quantitative estimate of drug-likeness (QED) is 0.895. The van der Waals surface area contributed by atoms with Crippen molar-refractivity contribution in [3.63, 3.8) is 0 Å². The Labute approximate surface area is 113 Å². The van der Waals surface area contributed by atoms with Crippen LogP contribution in [0.1, 0.15) is 48.2 Å². The van der Waals surface area contributed by atoms with Crippen molar-refractivity contribution in [3.8, 4) is 11.3 Å². The van der Waals surface area contributed by atoms with Gasteiger partial charge in [-0.2, -0.15) is 0 Å². The molecule has 0 aliphatic carbocycles. The molecule has 0 amide bonds. The fourth-order valence-electron chi connectivity index (χ4n) is 1.91. The third-order valence-corrected chi connectivity index (χ3v) is 4.23. The molecule has 3 heteroatoms. The van der Waals surface area contributed by atoms with Crippen LogP contribution in [-0.4, -0.2) is 4.98 Å². The summed E-state index contributed by atoms with van der Waals surface area (Å²) in [4.78, 5) is 5.88. The second-order valence-electron chi connectivity index (χ2n) is 5.02. The van der Waals surface area contributed by atoms with E-state index in [2.05, 4.69) is 50.0 Å². The Morgan fingerprint density at radius 2 is 1.72 bits per heavy atom. The number of nitrogens with zero attached hydrogens (tertiary/aromatic N) is 1. The lowest BCUT2D eigenvalue weighted by atomic mass is 10.0. The maximum atomic E-state index is 5.89. The minimum Gasteiger partial charge on any atom is -0.322 e. The molecule has 0 aliphatic rings. The molecule has 1 atom stereocenters. The zero-order valence-electron chi connectivity index (χ0n) is 11.4. The van der Waals surface area contributed by atoms with Gasteiger partial charge < -0.3 is 5.73 Å². The van der Waals surface area contributed by atoms with Crippen LogP contribution in [-0.2, 0) is 0 Å². The van der Waals surface area contributed by atoms with Crippen molar-refractivity contribution in [2.24, 2.45) is 5.73 Å². The van der Waals surface area contributed by atoms with Gasteiger partial charge in [-0.25, -0.2) is 4.98 Å². The molecule has 0 aliphatic heterocycles. The zero-order chi connectivity index (χ0) is 13.3. The zero-order valence-corrected chi connectivity index (χ0v) is 12.2.